The Morgan fingerprint density at radius 3 is 2.24 bits per heavy atom. The van der Waals surface area contributed by atoms with Crippen LogP contribution in [-0.4, -0.2) is 30.8 Å². The van der Waals surface area contributed by atoms with E-state index in [1.807, 2.05) is 77.6 Å². The van der Waals surface area contributed by atoms with Gasteiger partial charge < -0.3 is 19.9 Å². The fraction of sp³-hybridized carbons (Fsp3) is 0.0385. The lowest BCUT2D eigenvalue weighted by Crippen LogP contribution is -2.20. The number of thiocarbonyl (C=S) groups is 1. The van der Waals surface area contributed by atoms with Crippen molar-refractivity contribution in [3.63, 3.8) is 0 Å². The summed E-state index contributed by atoms with van der Waals surface area (Å²) in [6.07, 6.45) is 0.670. The number of anilines is 2. The predicted octanol–water partition coefficient (Wildman–Crippen LogP) is 6.43. The molecule has 2 heterocycles. The minimum absolute atomic E-state index is 0.305. The standard InChI is InChI=1S/C26H19F3N6OS/c27-26(28,29)36-21-13-11-20(12-14-21)35-17-30-24(33-35)18-7-9-19(10-8-18)31-25(37)32-22-5-1-2-6-23(22)34-15-3-4-16-34/h1-17H,(H2,31,32,37). The highest BCUT2D eigenvalue weighted by atomic mass is 32.1. The molecule has 0 saturated heterocycles. The normalized spacial score (nSPS) is 11.2. The fourth-order valence-electron chi connectivity index (χ4n) is 3.61. The highest BCUT2D eigenvalue weighted by Gasteiger charge is 2.31. The van der Waals surface area contributed by atoms with Gasteiger partial charge in [-0.2, -0.15) is 0 Å². The molecule has 5 rings (SSSR count). The average molecular weight is 521 g/mol. The molecule has 0 saturated carbocycles. The molecule has 7 nitrogen and oxygen atoms in total. The van der Waals surface area contributed by atoms with Crippen molar-refractivity contribution in [2.75, 3.05) is 10.6 Å². The maximum Gasteiger partial charge on any atom is 0.573 e. The number of hydrogen-bond donors (Lipinski definition) is 2. The topological polar surface area (TPSA) is 68.9 Å². The molecular weight excluding hydrogens is 501 g/mol. The van der Waals surface area contributed by atoms with Crippen LogP contribution in [0.25, 0.3) is 22.8 Å². The van der Waals surface area contributed by atoms with E-state index in [4.69, 9.17) is 12.2 Å². The van der Waals surface area contributed by atoms with E-state index in [-0.39, 0.29) is 5.75 Å². The molecule has 186 valence electrons. The van der Waals surface area contributed by atoms with Crippen molar-refractivity contribution in [2.24, 2.45) is 0 Å². The molecule has 37 heavy (non-hydrogen) atoms. The molecule has 11 heteroatoms. The van der Waals surface area contributed by atoms with Gasteiger partial charge in [0.05, 0.1) is 17.1 Å². The Hall–Kier alpha value is -4.64. The van der Waals surface area contributed by atoms with Gasteiger partial charge in [0.1, 0.15) is 12.1 Å². The number of alkyl halides is 3. The number of nitrogens with one attached hydrogen (secondary N) is 2. The smallest absolute Gasteiger partial charge is 0.406 e. The van der Waals surface area contributed by atoms with E-state index >= 15 is 0 Å². The summed E-state index contributed by atoms with van der Waals surface area (Å²) in [6.45, 7) is 0. The predicted molar refractivity (Wildman–Crippen MR) is 139 cm³/mol. The first-order valence-corrected chi connectivity index (χ1v) is 11.4. The van der Waals surface area contributed by atoms with Gasteiger partial charge in [0.15, 0.2) is 10.9 Å². The number of halogens is 3. The van der Waals surface area contributed by atoms with Crippen LogP contribution in [0.15, 0.2) is 104 Å². The number of benzene rings is 3. The van der Waals surface area contributed by atoms with Crippen molar-refractivity contribution in [3.05, 3.63) is 104 Å². The summed E-state index contributed by atoms with van der Waals surface area (Å²) in [5.74, 6) is 0.156. The summed E-state index contributed by atoms with van der Waals surface area (Å²) in [6, 6.07) is 24.5. The van der Waals surface area contributed by atoms with Crippen LogP contribution in [0.2, 0.25) is 0 Å². The van der Waals surface area contributed by atoms with Gasteiger partial charge in [-0.05, 0) is 85.0 Å². The molecule has 0 aliphatic carbocycles. The van der Waals surface area contributed by atoms with Gasteiger partial charge >= 0.3 is 6.36 Å². The first kappa shape index (κ1) is 24.1. The van der Waals surface area contributed by atoms with Gasteiger partial charge in [0.2, 0.25) is 0 Å². The van der Waals surface area contributed by atoms with Crippen LogP contribution in [-0.2, 0) is 0 Å². The van der Waals surface area contributed by atoms with E-state index in [1.54, 1.807) is 0 Å². The summed E-state index contributed by atoms with van der Waals surface area (Å²) in [7, 11) is 0. The number of rotatable bonds is 6. The van der Waals surface area contributed by atoms with Crippen LogP contribution < -0.4 is 15.4 Å². The van der Waals surface area contributed by atoms with Crippen LogP contribution in [0.4, 0.5) is 24.5 Å². The zero-order valence-corrected chi connectivity index (χ0v) is 19.9. The van der Waals surface area contributed by atoms with E-state index in [1.165, 1.54) is 35.3 Å². The number of para-hydroxylation sites is 2. The summed E-state index contributed by atoms with van der Waals surface area (Å²) in [5, 5.41) is 11.3. The lowest BCUT2D eigenvalue weighted by atomic mass is 10.2. The Morgan fingerprint density at radius 2 is 1.54 bits per heavy atom. The fourth-order valence-corrected chi connectivity index (χ4v) is 3.83. The third-order valence-electron chi connectivity index (χ3n) is 5.26. The molecule has 2 aromatic heterocycles. The van der Waals surface area contributed by atoms with Gasteiger partial charge in [-0.1, -0.05) is 12.1 Å². The Kier molecular flexibility index (Phi) is 6.60. The van der Waals surface area contributed by atoms with E-state index < -0.39 is 6.36 Å². The Morgan fingerprint density at radius 1 is 0.838 bits per heavy atom. The molecule has 0 atom stereocenters. The molecule has 0 fully saturated rings. The maximum absolute atomic E-state index is 12.4. The van der Waals surface area contributed by atoms with E-state index in [9.17, 15) is 13.2 Å². The molecule has 0 radical (unpaired) electrons. The van der Waals surface area contributed by atoms with Gasteiger partial charge in [-0.15, -0.1) is 18.3 Å². The molecule has 0 bridgehead atoms. The van der Waals surface area contributed by atoms with Crippen molar-refractivity contribution >= 4 is 28.7 Å². The zero-order valence-electron chi connectivity index (χ0n) is 19.1. The monoisotopic (exact) mass is 520 g/mol. The minimum Gasteiger partial charge on any atom is -0.406 e. The van der Waals surface area contributed by atoms with Gasteiger partial charge in [0, 0.05) is 23.6 Å². The Labute approximate surface area is 215 Å². The van der Waals surface area contributed by atoms with Crippen molar-refractivity contribution in [2.45, 2.75) is 6.36 Å². The highest BCUT2D eigenvalue weighted by molar-refractivity contribution is 7.80. The van der Waals surface area contributed by atoms with Crippen molar-refractivity contribution in [1.29, 1.82) is 0 Å². The number of nitrogens with zero attached hydrogens (tertiary/aromatic N) is 4. The van der Waals surface area contributed by atoms with Gasteiger partial charge in [-0.25, -0.2) is 9.67 Å². The molecule has 0 aliphatic heterocycles. The quantitative estimate of drug-likeness (QED) is 0.252. The second-order valence-corrected chi connectivity index (χ2v) is 8.23. The minimum atomic E-state index is -4.74. The maximum atomic E-state index is 12.4. The highest BCUT2D eigenvalue weighted by Crippen LogP contribution is 2.25. The van der Waals surface area contributed by atoms with Crippen molar-refractivity contribution in [1.82, 2.24) is 19.3 Å². The Bertz CT molecular complexity index is 1500. The van der Waals surface area contributed by atoms with Crippen molar-refractivity contribution in [3.8, 4) is 28.5 Å². The van der Waals surface area contributed by atoms with Gasteiger partial charge in [0.25, 0.3) is 0 Å². The van der Waals surface area contributed by atoms with E-state index in [0.717, 1.165) is 22.6 Å². The molecular formula is C26H19F3N6OS. The zero-order chi connectivity index (χ0) is 25.8. The number of hydrogen-bond acceptors (Lipinski definition) is 4. The first-order chi connectivity index (χ1) is 17.8. The molecule has 5 aromatic rings. The summed E-state index contributed by atoms with van der Waals surface area (Å²) in [4.78, 5) is 4.30. The summed E-state index contributed by atoms with van der Waals surface area (Å²) >= 11 is 5.50. The third-order valence-corrected chi connectivity index (χ3v) is 5.47. The lowest BCUT2D eigenvalue weighted by Gasteiger charge is -2.15. The van der Waals surface area contributed by atoms with Gasteiger partial charge in [-0.3, -0.25) is 0 Å². The molecule has 2 N–H and O–H groups in total. The SMILES string of the molecule is FC(F)(F)Oc1ccc(-n2cnc(-c3ccc(NC(=S)Nc4ccccc4-n4cccc4)cc3)n2)cc1. The van der Waals surface area contributed by atoms with E-state index in [0.29, 0.717) is 16.6 Å². The lowest BCUT2D eigenvalue weighted by molar-refractivity contribution is -0.274. The van der Waals surface area contributed by atoms with Crippen LogP contribution >= 0.6 is 12.2 Å². The first-order valence-electron chi connectivity index (χ1n) is 11.0. The number of aromatic nitrogens is 4. The van der Waals surface area contributed by atoms with E-state index in [2.05, 4.69) is 25.5 Å². The van der Waals surface area contributed by atoms with Crippen LogP contribution in [0.1, 0.15) is 0 Å². The molecule has 3 aromatic carbocycles. The molecule has 0 amide bonds. The largest absolute Gasteiger partial charge is 0.573 e. The average Bonchev–Trinajstić information content (AvgIpc) is 3.57. The molecule has 0 spiro atoms. The van der Waals surface area contributed by atoms with Crippen molar-refractivity contribution < 1.29 is 17.9 Å². The van der Waals surface area contributed by atoms with Crippen LogP contribution in [0.5, 0.6) is 5.75 Å². The third kappa shape index (κ3) is 5.96. The summed E-state index contributed by atoms with van der Waals surface area (Å²) in [5.41, 5.74) is 3.91. The molecule has 0 aliphatic rings. The van der Waals surface area contributed by atoms with Crippen LogP contribution in [0.3, 0.4) is 0 Å². The Balaban J connectivity index is 1.23. The second-order valence-electron chi connectivity index (χ2n) is 7.82. The summed E-state index contributed by atoms with van der Waals surface area (Å²) < 4.78 is 44.4. The van der Waals surface area contributed by atoms with Crippen LogP contribution in [0, 0.1) is 0 Å². The number of ether oxygens (including phenoxy) is 1. The second kappa shape index (κ2) is 10.2. The molecule has 0 unspecified atom stereocenters.